The Labute approximate surface area is 126 Å². The first-order valence-corrected chi connectivity index (χ1v) is 7.30. The smallest absolute Gasteiger partial charge is 0.126 e. The highest BCUT2D eigenvalue weighted by Gasteiger charge is 2.07. The zero-order valence-corrected chi connectivity index (χ0v) is 12.7. The van der Waals surface area contributed by atoms with Crippen LogP contribution in [0.1, 0.15) is 36.5 Å². The summed E-state index contributed by atoms with van der Waals surface area (Å²) in [6.45, 7) is 8.11. The van der Waals surface area contributed by atoms with Crippen LogP contribution in [0.2, 0.25) is 0 Å². The minimum Gasteiger partial charge on any atom is -0.207 e. The highest BCUT2D eigenvalue weighted by molar-refractivity contribution is 5.78. The van der Waals surface area contributed by atoms with E-state index in [0.717, 1.165) is 29.5 Å². The highest BCUT2D eigenvalue weighted by Crippen LogP contribution is 2.28. The first-order chi connectivity index (χ1) is 10.1. The lowest BCUT2D eigenvalue weighted by molar-refractivity contribution is 0.618. The Morgan fingerprint density at radius 2 is 1.81 bits per heavy atom. The second-order valence-electron chi connectivity index (χ2n) is 5.25. The van der Waals surface area contributed by atoms with Crippen LogP contribution in [0, 0.1) is 12.7 Å². The van der Waals surface area contributed by atoms with Gasteiger partial charge >= 0.3 is 0 Å². The molecule has 2 aromatic carbocycles. The quantitative estimate of drug-likeness (QED) is 0.627. The van der Waals surface area contributed by atoms with Crippen LogP contribution in [0.15, 0.2) is 61.2 Å². The van der Waals surface area contributed by atoms with E-state index in [2.05, 4.69) is 31.7 Å². The molecule has 0 aliphatic carbocycles. The molecule has 108 valence electrons. The molecule has 0 spiro atoms. The molecule has 0 nitrogen and oxygen atoms in total. The van der Waals surface area contributed by atoms with Crippen LogP contribution in [0.25, 0.3) is 11.1 Å². The van der Waals surface area contributed by atoms with Gasteiger partial charge in [-0.25, -0.2) is 4.39 Å². The van der Waals surface area contributed by atoms with E-state index in [0.29, 0.717) is 5.56 Å². The average molecular weight is 280 g/mol. The molecule has 0 aromatic heterocycles. The molecule has 0 aliphatic heterocycles. The first-order valence-electron chi connectivity index (χ1n) is 7.30. The number of rotatable bonds is 5. The van der Waals surface area contributed by atoms with Crippen LogP contribution in [-0.4, -0.2) is 0 Å². The average Bonchev–Trinajstić information content (AvgIpc) is 2.50. The summed E-state index contributed by atoms with van der Waals surface area (Å²) in [5, 5.41) is 0. The van der Waals surface area contributed by atoms with E-state index in [1.807, 2.05) is 30.3 Å². The number of benzene rings is 2. The van der Waals surface area contributed by atoms with Crippen molar-refractivity contribution >= 4 is 11.1 Å². The molecule has 0 saturated carbocycles. The maximum absolute atomic E-state index is 13.4. The Bertz CT molecular complexity index is 651. The molecule has 0 saturated heterocycles. The van der Waals surface area contributed by atoms with Gasteiger partial charge in [-0.05, 0) is 59.7 Å². The van der Waals surface area contributed by atoms with Crippen LogP contribution < -0.4 is 0 Å². The molecule has 0 bridgehead atoms. The second kappa shape index (κ2) is 7.03. The number of aryl methyl sites for hydroxylation is 1. The summed E-state index contributed by atoms with van der Waals surface area (Å²) < 4.78 is 13.4. The van der Waals surface area contributed by atoms with Gasteiger partial charge in [0, 0.05) is 0 Å². The van der Waals surface area contributed by atoms with Gasteiger partial charge in [0.2, 0.25) is 0 Å². The number of hydrogen-bond donors (Lipinski definition) is 0. The Balaban J connectivity index is 2.26. The SMILES string of the molecule is C=C(CC(=CCC)c1ccc(F)c(C)c1)c1ccccc1. The topological polar surface area (TPSA) is 0 Å². The zero-order chi connectivity index (χ0) is 15.2. The van der Waals surface area contributed by atoms with Crippen molar-refractivity contribution in [3.05, 3.63) is 83.7 Å². The van der Waals surface area contributed by atoms with Crippen molar-refractivity contribution < 1.29 is 4.39 Å². The summed E-state index contributed by atoms with van der Waals surface area (Å²) in [4.78, 5) is 0. The van der Waals surface area contributed by atoms with Crippen molar-refractivity contribution in [2.45, 2.75) is 26.7 Å². The molecule has 0 fully saturated rings. The van der Waals surface area contributed by atoms with Crippen LogP contribution in [0.4, 0.5) is 4.39 Å². The standard InChI is InChI=1S/C20H21F/c1-4-8-18(19-11-12-20(21)16(3)14-19)13-15(2)17-9-6-5-7-10-17/h5-12,14H,2,4,13H2,1,3H3. The predicted molar refractivity (Wildman–Crippen MR) is 89.5 cm³/mol. The third kappa shape index (κ3) is 3.91. The fraction of sp³-hybridized carbons (Fsp3) is 0.200. The van der Waals surface area contributed by atoms with E-state index >= 15 is 0 Å². The third-order valence-electron chi connectivity index (χ3n) is 3.57. The van der Waals surface area contributed by atoms with Gasteiger partial charge in [0.05, 0.1) is 0 Å². The van der Waals surface area contributed by atoms with Crippen LogP contribution in [0.3, 0.4) is 0 Å². The summed E-state index contributed by atoms with van der Waals surface area (Å²) in [5.74, 6) is -0.156. The Kier molecular flexibility index (Phi) is 5.10. The Morgan fingerprint density at radius 1 is 1.10 bits per heavy atom. The number of allylic oxidation sites excluding steroid dienone is 3. The van der Waals surface area contributed by atoms with Gasteiger partial charge in [0.25, 0.3) is 0 Å². The van der Waals surface area contributed by atoms with Crippen molar-refractivity contribution in [2.24, 2.45) is 0 Å². The van der Waals surface area contributed by atoms with Gasteiger partial charge in [-0.1, -0.05) is 56.0 Å². The minimum absolute atomic E-state index is 0.156. The molecule has 0 atom stereocenters. The van der Waals surface area contributed by atoms with E-state index < -0.39 is 0 Å². The number of halogens is 1. The van der Waals surface area contributed by atoms with Crippen molar-refractivity contribution in [2.75, 3.05) is 0 Å². The van der Waals surface area contributed by atoms with E-state index in [-0.39, 0.29) is 5.82 Å². The monoisotopic (exact) mass is 280 g/mol. The molecule has 2 rings (SSSR count). The van der Waals surface area contributed by atoms with Crippen LogP contribution in [-0.2, 0) is 0 Å². The fourth-order valence-electron chi connectivity index (χ4n) is 2.39. The lowest BCUT2D eigenvalue weighted by Gasteiger charge is -2.12. The van der Waals surface area contributed by atoms with Crippen molar-refractivity contribution in [3.8, 4) is 0 Å². The van der Waals surface area contributed by atoms with Gasteiger partial charge in [0.15, 0.2) is 0 Å². The second-order valence-corrected chi connectivity index (χ2v) is 5.25. The first kappa shape index (κ1) is 15.2. The molecule has 21 heavy (non-hydrogen) atoms. The summed E-state index contributed by atoms with van der Waals surface area (Å²) in [6.07, 6.45) is 3.93. The summed E-state index contributed by atoms with van der Waals surface area (Å²) >= 11 is 0. The van der Waals surface area contributed by atoms with Gasteiger partial charge in [0.1, 0.15) is 5.82 Å². The molecule has 2 aromatic rings. The molecule has 0 amide bonds. The van der Waals surface area contributed by atoms with E-state index in [1.165, 1.54) is 5.57 Å². The van der Waals surface area contributed by atoms with E-state index in [9.17, 15) is 4.39 Å². The molecule has 0 aliphatic rings. The van der Waals surface area contributed by atoms with Gasteiger partial charge in [-0.3, -0.25) is 0 Å². The van der Waals surface area contributed by atoms with Crippen molar-refractivity contribution in [3.63, 3.8) is 0 Å². The normalized spacial score (nSPS) is 11.5. The van der Waals surface area contributed by atoms with Gasteiger partial charge in [-0.2, -0.15) is 0 Å². The van der Waals surface area contributed by atoms with Gasteiger partial charge < -0.3 is 0 Å². The molecular weight excluding hydrogens is 259 g/mol. The van der Waals surface area contributed by atoms with Crippen molar-refractivity contribution in [1.82, 2.24) is 0 Å². The Morgan fingerprint density at radius 3 is 2.43 bits per heavy atom. The third-order valence-corrected chi connectivity index (χ3v) is 3.57. The fourth-order valence-corrected chi connectivity index (χ4v) is 2.39. The van der Waals surface area contributed by atoms with Crippen molar-refractivity contribution in [1.29, 1.82) is 0 Å². The maximum Gasteiger partial charge on any atom is 0.126 e. The van der Waals surface area contributed by atoms with Gasteiger partial charge in [-0.15, -0.1) is 0 Å². The summed E-state index contributed by atoms with van der Waals surface area (Å²) in [5.41, 5.74) is 5.19. The summed E-state index contributed by atoms with van der Waals surface area (Å²) in [7, 11) is 0. The van der Waals surface area contributed by atoms with E-state index in [1.54, 1.807) is 13.0 Å². The molecule has 0 heterocycles. The summed E-state index contributed by atoms with van der Waals surface area (Å²) in [6, 6.07) is 15.5. The molecule has 1 heteroatoms. The molecule has 0 unspecified atom stereocenters. The highest BCUT2D eigenvalue weighted by atomic mass is 19.1. The number of hydrogen-bond acceptors (Lipinski definition) is 0. The lowest BCUT2D eigenvalue weighted by atomic mass is 9.93. The zero-order valence-electron chi connectivity index (χ0n) is 12.7. The van der Waals surface area contributed by atoms with E-state index in [4.69, 9.17) is 0 Å². The minimum atomic E-state index is -0.156. The Hall–Kier alpha value is -2.15. The molecule has 0 radical (unpaired) electrons. The maximum atomic E-state index is 13.4. The van der Waals surface area contributed by atoms with Crippen LogP contribution >= 0.6 is 0 Å². The molecular formula is C20H21F. The van der Waals surface area contributed by atoms with Crippen LogP contribution in [0.5, 0.6) is 0 Å². The lowest BCUT2D eigenvalue weighted by Crippen LogP contribution is -1.91. The largest absolute Gasteiger partial charge is 0.207 e. The molecule has 0 N–H and O–H groups in total. The predicted octanol–water partition coefficient (Wildman–Crippen LogP) is 6.03.